The Labute approximate surface area is 171 Å². The van der Waals surface area contributed by atoms with Crippen molar-refractivity contribution in [1.29, 1.82) is 0 Å². The van der Waals surface area contributed by atoms with E-state index in [2.05, 4.69) is 22.8 Å². The van der Waals surface area contributed by atoms with Crippen LogP contribution in [0.5, 0.6) is 0 Å². The summed E-state index contributed by atoms with van der Waals surface area (Å²) >= 11 is 0. The number of halogens is 2. The minimum atomic E-state index is -0.635. The smallest absolute Gasteiger partial charge is 0.138 e. The van der Waals surface area contributed by atoms with Crippen molar-refractivity contribution in [2.45, 2.75) is 19.4 Å². The lowest BCUT2D eigenvalue weighted by molar-refractivity contribution is 0.0921. The summed E-state index contributed by atoms with van der Waals surface area (Å²) in [6.07, 6.45) is 0.201. The Balaban J connectivity index is 0.00000225. The second-order valence-corrected chi connectivity index (χ2v) is 7.07. The zero-order valence-electron chi connectivity index (χ0n) is 16.0. The Kier molecular flexibility index (Phi) is 6.60. The largest absolute Gasteiger partial charge is 0.458 e. The lowest BCUT2D eigenvalue weighted by Crippen LogP contribution is -2.47. The van der Waals surface area contributed by atoms with E-state index in [0.717, 1.165) is 54.8 Å². The molecule has 0 aliphatic carbocycles. The maximum absolute atomic E-state index is 13.1. The Hall–Kier alpha value is -2.08. The predicted octanol–water partition coefficient (Wildman–Crippen LogP) is 4.41. The monoisotopic (exact) mass is 404 g/mol. The van der Waals surface area contributed by atoms with E-state index >= 15 is 0 Å². The van der Waals surface area contributed by atoms with Gasteiger partial charge in [0.05, 0.1) is 0 Å². The molecule has 150 valence electrons. The molecule has 2 aromatic carbocycles. The standard InChI is InChI=1S/C22H25FN2O2.ClH/c1-2-18-19-5-3-4-6-21(19)27-22(18)20(26)15-24-11-13-25(14-12-24)17-9-7-16(23)8-10-17;/h3-10,20,26H,2,11-15H2,1H3;1H. The van der Waals surface area contributed by atoms with Crippen molar-refractivity contribution in [3.63, 3.8) is 0 Å². The second-order valence-electron chi connectivity index (χ2n) is 7.07. The van der Waals surface area contributed by atoms with Gasteiger partial charge in [-0.2, -0.15) is 0 Å². The van der Waals surface area contributed by atoms with Crippen molar-refractivity contribution in [2.24, 2.45) is 0 Å². The van der Waals surface area contributed by atoms with Gasteiger partial charge in [-0.25, -0.2) is 4.39 Å². The van der Waals surface area contributed by atoms with Gasteiger partial charge in [0, 0.05) is 49.4 Å². The molecular weight excluding hydrogens is 379 g/mol. The Morgan fingerprint density at radius 1 is 1.04 bits per heavy atom. The molecule has 28 heavy (non-hydrogen) atoms. The van der Waals surface area contributed by atoms with Crippen LogP contribution in [0.2, 0.25) is 0 Å². The number of β-amino-alcohol motifs (C(OH)–C–C–N with tert-alkyl or cyclic N) is 1. The highest BCUT2D eigenvalue weighted by atomic mass is 35.5. The molecule has 1 fully saturated rings. The molecule has 0 amide bonds. The molecule has 0 saturated carbocycles. The van der Waals surface area contributed by atoms with Gasteiger partial charge in [-0.1, -0.05) is 25.1 Å². The summed E-state index contributed by atoms with van der Waals surface area (Å²) in [5.74, 6) is 0.484. The number of aliphatic hydroxyl groups excluding tert-OH is 1. The second kappa shape index (κ2) is 8.95. The van der Waals surface area contributed by atoms with Crippen molar-refractivity contribution in [2.75, 3.05) is 37.6 Å². The van der Waals surface area contributed by atoms with Crippen LogP contribution in [0.1, 0.15) is 24.4 Å². The summed E-state index contributed by atoms with van der Waals surface area (Å²) < 4.78 is 19.1. The van der Waals surface area contributed by atoms with Crippen molar-refractivity contribution in [3.05, 3.63) is 65.7 Å². The molecular formula is C22H26ClFN2O2. The van der Waals surface area contributed by atoms with Crippen LogP contribution < -0.4 is 4.90 Å². The lowest BCUT2D eigenvalue weighted by atomic mass is 10.1. The van der Waals surface area contributed by atoms with Crippen LogP contribution in [0.15, 0.2) is 52.9 Å². The SMILES string of the molecule is CCc1c(C(O)CN2CCN(c3ccc(F)cc3)CC2)oc2ccccc12.Cl. The first-order valence-electron chi connectivity index (χ1n) is 9.57. The van der Waals surface area contributed by atoms with Crippen molar-refractivity contribution >= 4 is 29.1 Å². The summed E-state index contributed by atoms with van der Waals surface area (Å²) in [6.45, 7) is 6.09. The van der Waals surface area contributed by atoms with Gasteiger partial charge in [0.1, 0.15) is 23.3 Å². The Morgan fingerprint density at radius 2 is 1.71 bits per heavy atom. The number of piperazine rings is 1. The molecule has 0 radical (unpaired) electrons. The number of furan rings is 1. The van der Waals surface area contributed by atoms with E-state index in [0.29, 0.717) is 12.3 Å². The fraction of sp³-hybridized carbons (Fsp3) is 0.364. The Bertz CT molecular complexity index is 905. The van der Waals surface area contributed by atoms with Crippen LogP contribution in [-0.4, -0.2) is 42.7 Å². The zero-order valence-corrected chi connectivity index (χ0v) is 16.8. The van der Waals surface area contributed by atoms with Gasteiger partial charge < -0.3 is 14.4 Å². The zero-order chi connectivity index (χ0) is 18.8. The number of fused-ring (bicyclic) bond motifs is 1. The molecule has 4 rings (SSSR count). The van der Waals surface area contributed by atoms with E-state index in [4.69, 9.17) is 4.42 Å². The first-order chi connectivity index (χ1) is 13.2. The van der Waals surface area contributed by atoms with Crippen molar-refractivity contribution in [3.8, 4) is 0 Å². The fourth-order valence-corrected chi connectivity index (χ4v) is 3.92. The number of hydrogen-bond donors (Lipinski definition) is 1. The molecule has 0 bridgehead atoms. The van der Waals surface area contributed by atoms with E-state index in [1.807, 2.05) is 30.3 Å². The maximum atomic E-state index is 13.1. The number of rotatable bonds is 5. The molecule has 1 aromatic heterocycles. The van der Waals surface area contributed by atoms with Gasteiger partial charge in [-0.3, -0.25) is 4.90 Å². The molecule has 0 spiro atoms. The number of hydrogen-bond acceptors (Lipinski definition) is 4. The van der Waals surface area contributed by atoms with Crippen LogP contribution >= 0.6 is 12.4 Å². The summed E-state index contributed by atoms with van der Waals surface area (Å²) in [5, 5.41) is 11.9. The van der Waals surface area contributed by atoms with Gasteiger partial charge in [0.25, 0.3) is 0 Å². The van der Waals surface area contributed by atoms with E-state index in [-0.39, 0.29) is 18.2 Å². The van der Waals surface area contributed by atoms with E-state index in [1.54, 1.807) is 0 Å². The van der Waals surface area contributed by atoms with Crippen molar-refractivity contribution < 1.29 is 13.9 Å². The first-order valence-corrected chi connectivity index (χ1v) is 9.57. The van der Waals surface area contributed by atoms with E-state index in [9.17, 15) is 9.50 Å². The Morgan fingerprint density at radius 3 is 2.39 bits per heavy atom. The minimum Gasteiger partial charge on any atom is -0.458 e. The molecule has 4 nitrogen and oxygen atoms in total. The minimum absolute atomic E-state index is 0. The number of para-hydroxylation sites is 1. The molecule has 1 aliphatic rings. The van der Waals surface area contributed by atoms with Gasteiger partial charge >= 0.3 is 0 Å². The molecule has 1 N–H and O–H groups in total. The summed E-state index contributed by atoms with van der Waals surface area (Å²) in [6, 6.07) is 14.6. The van der Waals surface area contributed by atoms with Crippen LogP contribution in [-0.2, 0) is 6.42 Å². The molecule has 6 heteroatoms. The van der Waals surface area contributed by atoms with Gasteiger partial charge in [0.2, 0.25) is 0 Å². The normalized spacial score (nSPS) is 16.2. The highest BCUT2D eigenvalue weighted by molar-refractivity contribution is 5.85. The summed E-state index contributed by atoms with van der Waals surface area (Å²) in [4.78, 5) is 4.51. The van der Waals surface area contributed by atoms with Crippen LogP contribution in [0.25, 0.3) is 11.0 Å². The highest BCUT2D eigenvalue weighted by Gasteiger charge is 2.24. The van der Waals surface area contributed by atoms with Crippen molar-refractivity contribution in [1.82, 2.24) is 4.90 Å². The van der Waals surface area contributed by atoms with Gasteiger partial charge in [-0.15, -0.1) is 12.4 Å². The first kappa shape index (κ1) is 20.6. The molecule has 2 heterocycles. The third-order valence-electron chi connectivity index (χ3n) is 5.38. The van der Waals surface area contributed by atoms with E-state index in [1.165, 1.54) is 12.1 Å². The molecule has 1 atom stereocenters. The highest BCUT2D eigenvalue weighted by Crippen LogP contribution is 2.31. The van der Waals surface area contributed by atoms with Crippen LogP contribution in [0, 0.1) is 5.82 Å². The number of anilines is 1. The van der Waals surface area contributed by atoms with Crippen LogP contribution in [0.4, 0.5) is 10.1 Å². The fourth-order valence-electron chi connectivity index (χ4n) is 3.92. The lowest BCUT2D eigenvalue weighted by Gasteiger charge is -2.36. The average molecular weight is 405 g/mol. The maximum Gasteiger partial charge on any atom is 0.138 e. The third kappa shape index (κ3) is 4.17. The predicted molar refractivity (Wildman–Crippen MR) is 113 cm³/mol. The number of aliphatic hydroxyl groups is 1. The number of aryl methyl sites for hydroxylation is 1. The molecule has 1 saturated heterocycles. The quantitative estimate of drug-likeness (QED) is 0.683. The molecule has 3 aromatic rings. The van der Waals surface area contributed by atoms with Gasteiger partial charge in [-0.05, 0) is 36.8 Å². The van der Waals surface area contributed by atoms with E-state index < -0.39 is 6.10 Å². The van der Waals surface area contributed by atoms with Crippen LogP contribution in [0.3, 0.4) is 0 Å². The number of nitrogens with zero attached hydrogens (tertiary/aromatic N) is 2. The topological polar surface area (TPSA) is 39.9 Å². The summed E-state index contributed by atoms with van der Waals surface area (Å²) in [7, 11) is 0. The third-order valence-corrected chi connectivity index (χ3v) is 5.38. The van der Waals surface area contributed by atoms with Gasteiger partial charge in [0.15, 0.2) is 0 Å². The molecule has 1 aliphatic heterocycles. The average Bonchev–Trinajstić information content (AvgIpc) is 3.08. The molecule has 1 unspecified atom stereocenters. The number of benzene rings is 2. The summed E-state index contributed by atoms with van der Waals surface area (Å²) in [5.41, 5.74) is 2.98.